The highest BCUT2D eigenvalue weighted by Crippen LogP contribution is 2.43. The first-order valence-electron chi connectivity index (χ1n) is 8.79. The number of rotatable bonds is 5. The van der Waals surface area contributed by atoms with Gasteiger partial charge in [-0.25, -0.2) is 4.79 Å². The lowest BCUT2D eigenvalue weighted by molar-refractivity contribution is -0.115. The molecule has 1 fully saturated rings. The molecule has 0 radical (unpaired) electrons. The number of thioether (sulfide) groups is 1. The summed E-state index contributed by atoms with van der Waals surface area (Å²) < 4.78 is 5.55. The number of ether oxygens (including phenoxy) is 1. The van der Waals surface area contributed by atoms with Gasteiger partial charge in [0.2, 0.25) is 0 Å². The first kappa shape index (κ1) is 20.4. The third kappa shape index (κ3) is 4.24. The second kappa shape index (κ2) is 8.38. The van der Waals surface area contributed by atoms with Crippen LogP contribution < -0.4 is 10.1 Å². The molecular formula is C20H23N3O3S2. The average Bonchev–Trinajstić information content (AvgIpc) is 2.90. The number of amides is 2. The highest BCUT2D eigenvalue weighted by molar-refractivity contribution is 8.24. The van der Waals surface area contributed by atoms with Crippen molar-refractivity contribution in [2.24, 2.45) is 0 Å². The molecule has 0 aromatic heterocycles. The van der Waals surface area contributed by atoms with E-state index in [1.54, 1.807) is 19.2 Å². The van der Waals surface area contributed by atoms with Crippen LogP contribution in [0, 0.1) is 0 Å². The Kier molecular flexibility index (Phi) is 6.12. The molecule has 1 aliphatic rings. The van der Waals surface area contributed by atoms with E-state index < -0.39 is 16.9 Å². The molecule has 0 aliphatic carbocycles. The maximum Gasteiger partial charge on any atom is 0.347 e. The van der Waals surface area contributed by atoms with E-state index in [0.717, 1.165) is 16.4 Å². The Labute approximate surface area is 174 Å². The monoisotopic (exact) mass is 417 g/mol. The van der Waals surface area contributed by atoms with Gasteiger partial charge >= 0.3 is 6.03 Å². The summed E-state index contributed by atoms with van der Waals surface area (Å²) in [6, 6.07) is 16.0. The third-order valence-corrected chi connectivity index (χ3v) is 6.13. The molecular weight excluding hydrogens is 394 g/mol. The zero-order chi connectivity index (χ0) is 20.3. The molecule has 6 nitrogen and oxygen atoms in total. The van der Waals surface area contributed by atoms with E-state index in [4.69, 9.17) is 17.0 Å². The highest BCUT2D eigenvalue weighted by Gasteiger charge is 2.49. The number of methoxy groups -OCH3 is 1. The smallest absolute Gasteiger partial charge is 0.347 e. The SMILES string of the molecule is COc1ccccc1CN1C(=S)SC(C)(C)C1N(O)C(=O)Nc1ccccc1. The second-order valence-electron chi connectivity index (χ2n) is 6.93. The minimum Gasteiger partial charge on any atom is -0.496 e. The van der Waals surface area contributed by atoms with E-state index in [1.807, 2.05) is 61.2 Å². The van der Waals surface area contributed by atoms with Crippen LogP contribution in [0.3, 0.4) is 0 Å². The molecule has 1 saturated heterocycles. The third-order valence-electron chi connectivity index (χ3n) is 4.50. The van der Waals surface area contributed by atoms with Gasteiger partial charge < -0.3 is 15.0 Å². The zero-order valence-electron chi connectivity index (χ0n) is 16.0. The molecule has 148 valence electrons. The number of urea groups is 1. The molecule has 8 heteroatoms. The van der Waals surface area contributed by atoms with Crippen LogP contribution in [0.25, 0.3) is 0 Å². The molecule has 0 saturated carbocycles. The molecule has 0 bridgehead atoms. The van der Waals surface area contributed by atoms with E-state index in [9.17, 15) is 10.0 Å². The van der Waals surface area contributed by atoms with Crippen molar-refractivity contribution < 1.29 is 14.7 Å². The molecule has 2 amide bonds. The number of thiocarbonyl (C=S) groups is 1. The van der Waals surface area contributed by atoms with E-state index >= 15 is 0 Å². The fraction of sp³-hybridized carbons (Fsp3) is 0.300. The number of benzene rings is 2. The van der Waals surface area contributed by atoms with Gasteiger partial charge in [-0.3, -0.25) is 5.21 Å². The summed E-state index contributed by atoms with van der Waals surface area (Å²) in [7, 11) is 1.61. The number of hydrogen-bond acceptors (Lipinski definition) is 5. The fourth-order valence-corrected chi connectivity index (χ4v) is 5.09. The highest BCUT2D eigenvalue weighted by atomic mass is 32.2. The summed E-state index contributed by atoms with van der Waals surface area (Å²) >= 11 is 7.02. The van der Waals surface area contributed by atoms with Crippen molar-refractivity contribution >= 4 is 40.0 Å². The number of nitrogens with zero attached hydrogens (tertiary/aromatic N) is 2. The van der Waals surface area contributed by atoms with Crippen molar-refractivity contribution in [1.29, 1.82) is 0 Å². The van der Waals surface area contributed by atoms with E-state index in [0.29, 0.717) is 16.6 Å². The van der Waals surface area contributed by atoms with E-state index in [-0.39, 0.29) is 0 Å². The predicted octanol–water partition coefficient (Wildman–Crippen LogP) is 4.56. The van der Waals surface area contributed by atoms with Gasteiger partial charge in [-0.15, -0.1) is 0 Å². The Bertz CT molecular complexity index is 861. The van der Waals surface area contributed by atoms with Crippen molar-refractivity contribution in [1.82, 2.24) is 9.96 Å². The summed E-state index contributed by atoms with van der Waals surface area (Å²) in [6.45, 7) is 4.32. The lowest BCUT2D eigenvalue weighted by Crippen LogP contribution is -2.55. The number of hydrogen-bond donors (Lipinski definition) is 2. The molecule has 1 aliphatic heterocycles. The molecule has 2 aromatic carbocycles. The number of para-hydroxylation sites is 2. The van der Waals surface area contributed by atoms with Gasteiger partial charge in [0.1, 0.15) is 16.2 Å². The van der Waals surface area contributed by atoms with Crippen LogP contribution >= 0.6 is 24.0 Å². The van der Waals surface area contributed by atoms with E-state index in [2.05, 4.69) is 5.32 Å². The average molecular weight is 418 g/mol. The van der Waals surface area contributed by atoms with Crippen molar-refractivity contribution in [3.63, 3.8) is 0 Å². The van der Waals surface area contributed by atoms with Crippen molar-refractivity contribution in [2.75, 3.05) is 12.4 Å². The van der Waals surface area contributed by atoms with E-state index in [1.165, 1.54) is 11.8 Å². The zero-order valence-corrected chi connectivity index (χ0v) is 17.6. The quantitative estimate of drug-likeness (QED) is 0.422. The normalized spacial score (nSPS) is 18.1. The Morgan fingerprint density at radius 3 is 2.57 bits per heavy atom. The van der Waals surface area contributed by atoms with Crippen LogP contribution in [0.5, 0.6) is 5.75 Å². The summed E-state index contributed by atoms with van der Waals surface area (Å²) in [5.41, 5.74) is 1.53. The van der Waals surface area contributed by atoms with Gasteiger partial charge in [-0.05, 0) is 32.0 Å². The van der Waals surface area contributed by atoms with Crippen molar-refractivity contribution in [3.8, 4) is 5.75 Å². The summed E-state index contributed by atoms with van der Waals surface area (Å²) in [6.07, 6.45) is -0.640. The Morgan fingerprint density at radius 2 is 1.89 bits per heavy atom. The Hall–Kier alpha value is -2.29. The lowest BCUT2D eigenvalue weighted by atomic mass is 10.1. The standard InChI is InChI=1S/C20H23N3O3S2/c1-20(2)17(23(25)18(24)21-15-10-5-4-6-11-15)22(19(27)28-20)13-14-9-7-8-12-16(14)26-3/h4-12,17,25H,13H2,1-3H3,(H,21,24). The van der Waals surface area contributed by atoms with Gasteiger partial charge in [0, 0.05) is 11.3 Å². The van der Waals surface area contributed by atoms with Crippen LogP contribution in [0.2, 0.25) is 0 Å². The lowest BCUT2D eigenvalue weighted by Gasteiger charge is -2.37. The summed E-state index contributed by atoms with van der Waals surface area (Å²) in [5, 5.41) is 14.2. The van der Waals surface area contributed by atoms with Crippen molar-refractivity contribution in [3.05, 3.63) is 60.2 Å². The molecule has 2 aromatic rings. The van der Waals surface area contributed by atoms with Crippen molar-refractivity contribution in [2.45, 2.75) is 31.3 Å². The first-order valence-corrected chi connectivity index (χ1v) is 10.0. The first-order chi connectivity index (χ1) is 13.3. The number of carbonyl (C=O) groups is 1. The predicted molar refractivity (Wildman–Crippen MR) is 116 cm³/mol. The van der Waals surface area contributed by atoms with Gasteiger partial charge in [-0.2, -0.15) is 5.06 Å². The van der Waals surface area contributed by atoms with Crippen LogP contribution in [0.1, 0.15) is 19.4 Å². The van der Waals surface area contributed by atoms with Crippen LogP contribution in [0.4, 0.5) is 10.5 Å². The second-order valence-corrected chi connectivity index (χ2v) is 9.21. The Balaban J connectivity index is 1.84. The summed E-state index contributed by atoms with van der Waals surface area (Å²) in [5.74, 6) is 0.733. The van der Waals surface area contributed by atoms with Gasteiger partial charge in [0.15, 0.2) is 0 Å². The number of carbonyl (C=O) groups excluding carboxylic acids is 1. The molecule has 1 unspecified atom stereocenters. The van der Waals surface area contributed by atoms with Gasteiger partial charge in [0.05, 0.1) is 18.4 Å². The van der Waals surface area contributed by atoms with Crippen LogP contribution in [-0.2, 0) is 6.54 Å². The molecule has 2 N–H and O–H groups in total. The maximum atomic E-state index is 12.7. The van der Waals surface area contributed by atoms with Crippen LogP contribution in [-0.4, -0.2) is 43.5 Å². The molecule has 3 rings (SSSR count). The van der Waals surface area contributed by atoms with Gasteiger partial charge in [-0.1, -0.05) is 60.4 Å². The maximum absolute atomic E-state index is 12.7. The fourth-order valence-electron chi connectivity index (χ4n) is 3.22. The Morgan fingerprint density at radius 1 is 1.25 bits per heavy atom. The minimum absolute atomic E-state index is 0.416. The molecule has 0 spiro atoms. The largest absolute Gasteiger partial charge is 0.496 e. The molecule has 28 heavy (non-hydrogen) atoms. The van der Waals surface area contributed by atoms with Gasteiger partial charge in [0.25, 0.3) is 0 Å². The topological polar surface area (TPSA) is 65.0 Å². The number of hydroxylamine groups is 2. The van der Waals surface area contributed by atoms with Crippen LogP contribution in [0.15, 0.2) is 54.6 Å². The molecule has 1 heterocycles. The molecule has 1 atom stereocenters. The minimum atomic E-state index is -0.640. The number of nitrogens with one attached hydrogen (secondary N) is 1. The summed E-state index contributed by atoms with van der Waals surface area (Å²) in [4.78, 5) is 14.5. The number of anilines is 1.